The van der Waals surface area contributed by atoms with Gasteiger partial charge in [0.25, 0.3) is 0 Å². The normalized spacial score (nSPS) is 26.6. The van der Waals surface area contributed by atoms with Gasteiger partial charge in [-0.25, -0.2) is 0 Å². The van der Waals surface area contributed by atoms with Gasteiger partial charge in [0.1, 0.15) is 0 Å². The quantitative estimate of drug-likeness (QED) is 0.724. The Morgan fingerprint density at radius 2 is 1.69 bits per heavy atom. The average molecular weight is 222 g/mol. The molecule has 16 heavy (non-hydrogen) atoms. The molecule has 0 N–H and O–H groups in total. The molecule has 1 atom stereocenters. The van der Waals surface area contributed by atoms with Crippen molar-refractivity contribution < 1.29 is 0 Å². The molecule has 0 spiro atoms. The summed E-state index contributed by atoms with van der Waals surface area (Å²) in [6.07, 6.45) is 5.44. The van der Waals surface area contributed by atoms with E-state index in [4.69, 9.17) is 0 Å². The molecule has 2 aliphatic rings. The van der Waals surface area contributed by atoms with Gasteiger partial charge < -0.3 is 9.80 Å². The van der Waals surface area contributed by atoms with Crippen molar-refractivity contribution in [3.05, 3.63) is 12.4 Å². The van der Waals surface area contributed by atoms with E-state index < -0.39 is 0 Å². The summed E-state index contributed by atoms with van der Waals surface area (Å²) in [4.78, 5) is 5.00. The lowest BCUT2D eigenvalue weighted by molar-refractivity contribution is 0.141. The fourth-order valence-corrected chi connectivity index (χ4v) is 2.96. The van der Waals surface area contributed by atoms with Crippen LogP contribution >= 0.6 is 0 Å². The monoisotopic (exact) mass is 222 g/mol. The molecule has 0 radical (unpaired) electrons. The van der Waals surface area contributed by atoms with E-state index in [1.807, 2.05) is 0 Å². The maximum atomic E-state index is 4.31. The summed E-state index contributed by atoms with van der Waals surface area (Å²) < 4.78 is 0. The highest BCUT2D eigenvalue weighted by Crippen LogP contribution is 2.27. The number of nitrogens with zero attached hydrogens (tertiary/aromatic N) is 2. The minimum atomic E-state index is 0.814. The Bertz CT molecular complexity index is 241. The lowest BCUT2D eigenvalue weighted by atomic mass is 9.88. The molecule has 0 aromatic carbocycles. The van der Waals surface area contributed by atoms with Gasteiger partial charge in [0.05, 0.1) is 5.82 Å². The van der Waals surface area contributed by atoms with Gasteiger partial charge in [0.15, 0.2) is 0 Å². The first-order chi connectivity index (χ1) is 7.68. The molecular weight excluding hydrogens is 196 g/mol. The molecule has 0 aliphatic carbocycles. The molecule has 0 saturated carbocycles. The lowest BCUT2D eigenvalue weighted by Crippen LogP contribution is -2.41. The largest absolute Gasteiger partial charge is 0.359 e. The highest BCUT2D eigenvalue weighted by molar-refractivity contribution is 4.98. The fraction of sp³-hybridized carbons (Fsp3) is 0.857. The van der Waals surface area contributed by atoms with Crippen LogP contribution in [-0.4, -0.2) is 36.0 Å². The van der Waals surface area contributed by atoms with E-state index >= 15 is 0 Å². The van der Waals surface area contributed by atoms with Crippen molar-refractivity contribution in [3.63, 3.8) is 0 Å². The number of rotatable bonds is 3. The predicted octanol–water partition coefficient (Wildman–Crippen LogP) is 2.92. The summed E-state index contributed by atoms with van der Waals surface area (Å²) >= 11 is 0. The second kappa shape index (κ2) is 5.11. The Kier molecular flexibility index (Phi) is 3.78. The van der Waals surface area contributed by atoms with Gasteiger partial charge in [0, 0.05) is 26.2 Å². The summed E-state index contributed by atoms with van der Waals surface area (Å²) in [5.74, 6) is 2.98. The Morgan fingerprint density at radius 3 is 2.31 bits per heavy atom. The lowest BCUT2D eigenvalue weighted by Gasteiger charge is -2.40. The van der Waals surface area contributed by atoms with Gasteiger partial charge in [-0.05, 0) is 37.5 Å². The van der Waals surface area contributed by atoms with E-state index in [-0.39, 0.29) is 0 Å². The third-order valence-corrected chi connectivity index (χ3v) is 4.24. The third kappa shape index (κ3) is 2.53. The van der Waals surface area contributed by atoms with Crippen LogP contribution < -0.4 is 0 Å². The smallest absolute Gasteiger partial charge is 0.0965 e. The van der Waals surface area contributed by atoms with E-state index in [2.05, 4.69) is 30.2 Å². The maximum Gasteiger partial charge on any atom is 0.0965 e. The molecule has 1 unspecified atom stereocenters. The van der Waals surface area contributed by atoms with Crippen LogP contribution in [0.5, 0.6) is 0 Å². The Balaban J connectivity index is 1.90. The summed E-state index contributed by atoms with van der Waals surface area (Å²) in [6, 6.07) is 0. The zero-order valence-corrected chi connectivity index (χ0v) is 10.9. The zero-order chi connectivity index (χ0) is 11.5. The zero-order valence-electron chi connectivity index (χ0n) is 10.9. The summed E-state index contributed by atoms with van der Waals surface area (Å²) in [7, 11) is 0. The molecule has 2 heteroatoms. The number of hydrogen-bond acceptors (Lipinski definition) is 2. The van der Waals surface area contributed by atoms with Crippen molar-refractivity contribution in [3.8, 4) is 0 Å². The molecular formula is C14H26N2. The fourth-order valence-electron chi connectivity index (χ4n) is 2.96. The van der Waals surface area contributed by atoms with Crippen LogP contribution in [0.15, 0.2) is 12.4 Å². The Morgan fingerprint density at radius 1 is 1.06 bits per heavy atom. The van der Waals surface area contributed by atoms with Crippen LogP contribution in [0.2, 0.25) is 0 Å². The van der Waals surface area contributed by atoms with Crippen LogP contribution in [0, 0.1) is 11.8 Å². The Hall–Kier alpha value is -0.660. The maximum absolute atomic E-state index is 4.31. The topological polar surface area (TPSA) is 6.48 Å². The second-order valence-corrected chi connectivity index (χ2v) is 5.70. The molecule has 0 amide bonds. The molecule has 2 fully saturated rings. The minimum absolute atomic E-state index is 0.814. The molecule has 0 aromatic heterocycles. The van der Waals surface area contributed by atoms with Gasteiger partial charge >= 0.3 is 0 Å². The van der Waals surface area contributed by atoms with Gasteiger partial charge in [-0.3, -0.25) is 0 Å². The molecule has 2 saturated heterocycles. The SMILES string of the molecule is C=C(N1CCCC1)N1CCCC(C(C)C)C1. The van der Waals surface area contributed by atoms with E-state index in [0.717, 1.165) is 11.8 Å². The first kappa shape index (κ1) is 11.8. The summed E-state index contributed by atoms with van der Waals surface area (Å²) in [5, 5.41) is 0. The van der Waals surface area contributed by atoms with E-state index in [1.54, 1.807) is 0 Å². The van der Waals surface area contributed by atoms with Crippen LogP contribution in [0.3, 0.4) is 0 Å². The molecule has 0 bridgehead atoms. The van der Waals surface area contributed by atoms with Gasteiger partial charge in [0.2, 0.25) is 0 Å². The summed E-state index contributed by atoms with van der Waals surface area (Å²) in [6.45, 7) is 13.9. The molecule has 2 rings (SSSR count). The van der Waals surface area contributed by atoms with Crippen LogP contribution in [-0.2, 0) is 0 Å². The van der Waals surface area contributed by atoms with Crippen LogP contribution in [0.25, 0.3) is 0 Å². The molecule has 0 aromatic rings. The number of likely N-dealkylation sites (tertiary alicyclic amines) is 2. The molecule has 2 aliphatic heterocycles. The minimum Gasteiger partial charge on any atom is -0.359 e. The molecule has 2 heterocycles. The number of hydrogen-bond donors (Lipinski definition) is 0. The van der Waals surface area contributed by atoms with Crippen molar-refractivity contribution in [1.82, 2.24) is 9.80 Å². The van der Waals surface area contributed by atoms with E-state index in [0.29, 0.717) is 0 Å². The second-order valence-electron chi connectivity index (χ2n) is 5.70. The first-order valence-electron chi connectivity index (χ1n) is 6.87. The molecule has 2 nitrogen and oxygen atoms in total. The van der Waals surface area contributed by atoms with E-state index in [9.17, 15) is 0 Å². The van der Waals surface area contributed by atoms with Crippen molar-refractivity contribution >= 4 is 0 Å². The predicted molar refractivity (Wildman–Crippen MR) is 69.1 cm³/mol. The highest BCUT2D eigenvalue weighted by Gasteiger charge is 2.25. The van der Waals surface area contributed by atoms with Gasteiger partial charge in [-0.2, -0.15) is 0 Å². The van der Waals surface area contributed by atoms with Crippen LogP contribution in [0.4, 0.5) is 0 Å². The van der Waals surface area contributed by atoms with Crippen molar-refractivity contribution in [2.45, 2.75) is 39.5 Å². The van der Waals surface area contributed by atoms with Crippen LogP contribution in [0.1, 0.15) is 39.5 Å². The van der Waals surface area contributed by atoms with Gasteiger partial charge in [-0.1, -0.05) is 20.4 Å². The van der Waals surface area contributed by atoms with E-state index in [1.165, 1.54) is 57.7 Å². The van der Waals surface area contributed by atoms with Crippen molar-refractivity contribution in [1.29, 1.82) is 0 Å². The van der Waals surface area contributed by atoms with Crippen molar-refractivity contribution in [2.24, 2.45) is 11.8 Å². The standard InChI is InChI=1S/C14H26N2/c1-12(2)14-7-6-10-16(11-14)13(3)15-8-4-5-9-15/h12,14H,3-11H2,1-2H3. The third-order valence-electron chi connectivity index (χ3n) is 4.24. The first-order valence-corrected chi connectivity index (χ1v) is 6.87. The summed E-state index contributed by atoms with van der Waals surface area (Å²) in [5.41, 5.74) is 0. The van der Waals surface area contributed by atoms with Crippen molar-refractivity contribution in [2.75, 3.05) is 26.2 Å². The number of piperidine rings is 1. The molecule has 92 valence electrons. The highest BCUT2D eigenvalue weighted by atomic mass is 15.3. The average Bonchev–Trinajstić information content (AvgIpc) is 2.81. The Labute approximate surface area is 100 Å². The van der Waals surface area contributed by atoms with Gasteiger partial charge in [-0.15, -0.1) is 0 Å².